The zero-order chi connectivity index (χ0) is 19.2. The molecule has 1 fully saturated rings. The average molecular weight is 368 g/mol. The number of anilines is 2. The molecule has 6 heteroatoms. The van der Waals surface area contributed by atoms with E-state index in [1.54, 1.807) is 41.3 Å². The van der Waals surface area contributed by atoms with E-state index < -0.39 is 6.10 Å². The van der Waals surface area contributed by atoms with Crippen LogP contribution in [-0.2, 0) is 9.59 Å². The fourth-order valence-corrected chi connectivity index (χ4v) is 3.04. The lowest BCUT2D eigenvalue weighted by atomic mass is 10.1. The van der Waals surface area contributed by atoms with Gasteiger partial charge < -0.3 is 20.1 Å². The van der Waals surface area contributed by atoms with Crippen LogP contribution in [-0.4, -0.2) is 30.1 Å². The molecule has 27 heavy (non-hydrogen) atoms. The third kappa shape index (κ3) is 4.86. The second kappa shape index (κ2) is 8.68. The maximum Gasteiger partial charge on any atom is 0.262 e. The molecule has 6 nitrogen and oxygen atoms in total. The number of aliphatic hydroxyl groups is 1. The number of amides is 2. The van der Waals surface area contributed by atoms with Crippen molar-refractivity contribution in [2.75, 3.05) is 23.4 Å². The molecule has 2 aromatic carbocycles. The molecule has 0 aromatic heterocycles. The first-order chi connectivity index (χ1) is 13.1. The van der Waals surface area contributed by atoms with Crippen molar-refractivity contribution in [1.29, 1.82) is 0 Å². The summed E-state index contributed by atoms with van der Waals surface area (Å²) < 4.78 is 5.50. The molecule has 3 rings (SSSR count). The van der Waals surface area contributed by atoms with E-state index in [0.29, 0.717) is 30.8 Å². The van der Waals surface area contributed by atoms with Crippen molar-refractivity contribution in [3.63, 3.8) is 0 Å². The third-order valence-corrected chi connectivity index (χ3v) is 4.54. The topological polar surface area (TPSA) is 78.9 Å². The largest absolute Gasteiger partial charge is 0.484 e. The maximum absolute atomic E-state index is 12.1. The van der Waals surface area contributed by atoms with Crippen LogP contribution in [0.15, 0.2) is 48.5 Å². The van der Waals surface area contributed by atoms with Crippen molar-refractivity contribution in [1.82, 2.24) is 0 Å². The molecular formula is C21H24N2O4. The first kappa shape index (κ1) is 18.9. The Morgan fingerprint density at radius 3 is 2.70 bits per heavy atom. The van der Waals surface area contributed by atoms with Gasteiger partial charge in [0.15, 0.2) is 6.61 Å². The number of rotatable bonds is 7. The summed E-state index contributed by atoms with van der Waals surface area (Å²) in [5, 5.41) is 12.6. The number of carbonyl (C=O) groups excluding carboxylic acids is 2. The summed E-state index contributed by atoms with van der Waals surface area (Å²) in [5.41, 5.74) is 2.24. The molecule has 0 bridgehead atoms. The molecule has 1 aliphatic heterocycles. The van der Waals surface area contributed by atoms with Crippen LogP contribution in [0.2, 0.25) is 0 Å². The highest BCUT2D eigenvalue weighted by atomic mass is 16.5. The Balaban J connectivity index is 1.54. The van der Waals surface area contributed by atoms with Gasteiger partial charge in [0.1, 0.15) is 5.75 Å². The van der Waals surface area contributed by atoms with Gasteiger partial charge >= 0.3 is 0 Å². The highest BCUT2D eigenvalue weighted by Crippen LogP contribution is 2.24. The number of aliphatic hydroxyl groups excluding tert-OH is 1. The van der Waals surface area contributed by atoms with E-state index in [1.165, 1.54) is 0 Å². The van der Waals surface area contributed by atoms with E-state index in [0.717, 1.165) is 17.7 Å². The Kier molecular flexibility index (Phi) is 6.08. The Bertz CT molecular complexity index is 804. The summed E-state index contributed by atoms with van der Waals surface area (Å²) in [5.74, 6) is 0.393. The van der Waals surface area contributed by atoms with Gasteiger partial charge in [-0.25, -0.2) is 0 Å². The molecule has 0 spiro atoms. The first-order valence-corrected chi connectivity index (χ1v) is 9.18. The number of carbonyl (C=O) groups is 2. The summed E-state index contributed by atoms with van der Waals surface area (Å²) in [6, 6.07) is 14.3. The average Bonchev–Trinajstić information content (AvgIpc) is 3.12. The molecule has 2 amide bonds. The monoisotopic (exact) mass is 368 g/mol. The number of benzene rings is 2. The summed E-state index contributed by atoms with van der Waals surface area (Å²) >= 11 is 0. The van der Waals surface area contributed by atoms with E-state index >= 15 is 0 Å². The Labute approximate surface area is 158 Å². The van der Waals surface area contributed by atoms with Crippen LogP contribution < -0.4 is 15.0 Å². The normalized spacial score (nSPS) is 14.9. The Morgan fingerprint density at radius 2 is 2.04 bits per heavy atom. The second-order valence-corrected chi connectivity index (χ2v) is 6.53. The molecule has 1 atom stereocenters. The van der Waals surface area contributed by atoms with Crippen molar-refractivity contribution >= 4 is 23.2 Å². The minimum Gasteiger partial charge on any atom is -0.484 e. The van der Waals surface area contributed by atoms with Crippen molar-refractivity contribution in [2.24, 2.45) is 0 Å². The SMILES string of the molecule is CCC(O)c1ccc(OCC(=O)Nc2cccc(N3CCCC3=O)c2)cc1. The van der Waals surface area contributed by atoms with Gasteiger partial charge in [-0.15, -0.1) is 0 Å². The first-order valence-electron chi connectivity index (χ1n) is 9.18. The van der Waals surface area contributed by atoms with Crippen LogP contribution in [0.3, 0.4) is 0 Å². The number of hydrogen-bond donors (Lipinski definition) is 2. The van der Waals surface area contributed by atoms with Crippen molar-refractivity contribution < 1.29 is 19.4 Å². The minimum atomic E-state index is -0.489. The molecule has 1 heterocycles. The van der Waals surface area contributed by atoms with E-state index in [9.17, 15) is 14.7 Å². The molecule has 0 aliphatic carbocycles. The molecule has 2 aromatic rings. The van der Waals surface area contributed by atoms with Crippen LogP contribution >= 0.6 is 0 Å². The number of hydrogen-bond acceptors (Lipinski definition) is 4. The van der Waals surface area contributed by atoms with Crippen molar-refractivity contribution in [3.05, 3.63) is 54.1 Å². The maximum atomic E-state index is 12.1. The van der Waals surface area contributed by atoms with E-state index in [2.05, 4.69) is 5.32 Å². The van der Waals surface area contributed by atoms with Gasteiger partial charge in [-0.05, 0) is 48.7 Å². The van der Waals surface area contributed by atoms with E-state index in [4.69, 9.17) is 4.74 Å². The molecule has 1 aliphatic rings. The van der Waals surface area contributed by atoms with Crippen LogP contribution in [0.4, 0.5) is 11.4 Å². The summed E-state index contributed by atoms with van der Waals surface area (Å²) in [7, 11) is 0. The number of ether oxygens (including phenoxy) is 1. The smallest absolute Gasteiger partial charge is 0.262 e. The second-order valence-electron chi connectivity index (χ2n) is 6.53. The fourth-order valence-electron chi connectivity index (χ4n) is 3.04. The molecule has 2 N–H and O–H groups in total. The van der Waals surface area contributed by atoms with Gasteiger partial charge in [0.25, 0.3) is 5.91 Å². The van der Waals surface area contributed by atoms with Gasteiger partial charge in [-0.3, -0.25) is 9.59 Å². The van der Waals surface area contributed by atoms with Gasteiger partial charge in [-0.1, -0.05) is 25.1 Å². The lowest BCUT2D eigenvalue weighted by Gasteiger charge is -2.17. The lowest BCUT2D eigenvalue weighted by molar-refractivity contribution is -0.118. The minimum absolute atomic E-state index is 0.110. The lowest BCUT2D eigenvalue weighted by Crippen LogP contribution is -2.24. The summed E-state index contributed by atoms with van der Waals surface area (Å²) in [6.07, 6.45) is 1.58. The predicted octanol–water partition coefficient (Wildman–Crippen LogP) is 3.27. The summed E-state index contributed by atoms with van der Waals surface area (Å²) in [6.45, 7) is 2.50. The van der Waals surface area contributed by atoms with Crippen molar-refractivity contribution in [3.8, 4) is 5.75 Å². The molecular weight excluding hydrogens is 344 g/mol. The van der Waals surface area contributed by atoms with E-state index in [-0.39, 0.29) is 18.4 Å². The zero-order valence-electron chi connectivity index (χ0n) is 15.4. The Morgan fingerprint density at radius 1 is 1.26 bits per heavy atom. The molecule has 1 unspecified atom stereocenters. The fraction of sp³-hybridized carbons (Fsp3) is 0.333. The van der Waals surface area contributed by atoms with Crippen LogP contribution in [0.5, 0.6) is 5.75 Å². The Hall–Kier alpha value is -2.86. The zero-order valence-corrected chi connectivity index (χ0v) is 15.4. The quantitative estimate of drug-likeness (QED) is 0.786. The predicted molar refractivity (Wildman–Crippen MR) is 104 cm³/mol. The van der Waals surface area contributed by atoms with Crippen LogP contribution in [0.25, 0.3) is 0 Å². The van der Waals surface area contributed by atoms with Gasteiger partial charge in [0, 0.05) is 24.3 Å². The highest BCUT2D eigenvalue weighted by molar-refractivity contribution is 5.97. The highest BCUT2D eigenvalue weighted by Gasteiger charge is 2.21. The molecule has 142 valence electrons. The molecule has 0 saturated carbocycles. The standard InChI is InChI=1S/C21H24N2O4/c1-2-19(24)15-8-10-18(11-9-15)27-14-20(25)22-16-5-3-6-17(13-16)23-12-4-7-21(23)26/h3,5-6,8-11,13,19,24H,2,4,7,12,14H2,1H3,(H,22,25). The molecule has 0 radical (unpaired) electrons. The number of nitrogens with zero attached hydrogens (tertiary/aromatic N) is 1. The van der Waals surface area contributed by atoms with Crippen LogP contribution in [0.1, 0.15) is 37.9 Å². The third-order valence-electron chi connectivity index (χ3n) is 4.54. The van der Waals surface area contributed by atoms with Gasteiger partial charge in [0.2, 0.25) is 5.91 Å². The van der Waals surface area contributed by atoms with E-state index in [1.807, 2.05) is 19.1 Å². The van der Waals surface area contributed by atoms with Crippen LogP contribution in [0, 0.1) is 0 Å². The summed E-state index contributed by atoms with van der Waals surface area (Å²) in [4.78, 5) is 25.7. The van der Waals surface area contributed by atoms with Gasteiger partial charge in [0.05, 0.1) is 6.10 Å². The van der Waals surface area contributed by atoms with Gasteiger partial charge in [-0.2, -0.15) is 0 Å². The molecule has 1 saturated heterocycles. The number of nitrogens with one attached hydrogen (secondary N) is 1. The van der Waals surface area contributed by atoms with Crippen molar-refractivity contribution in [2.45, 2.75) is 32.3 Å².